The second-order valence-corrected chi connectivity index (χ2v) is 5.98. The third-order valence-electron chi connectivity index (χ3n) is 3.36. The number of nitrogens with zero attached hydrogens (tertiary/aromatic N) is 1. The molecule has 0 radical (unpaired) electrons. The number of hydrogen-bond donors (Lipinski definition) is 0. The summed E-state index contributed by atoms with van der Waals surface area (Å²) in [5.74, 6) is -0.363. The second kappa shape index (κ2) is 3.03. The molecule has 5 heteroatoms. The maximum atomic E-state index is 11.8. The maximum Gasteiger partial charge on any atom is 0.222 e. The lowest BCUT2D eigenvalue weighted by atomic mass is 9.93. The van der Waals surface area contributed by atoms with Crippen LogP contribution in [-0.4, -0.2) is 36.3 Å². The second-order valence-electron chi connectivity index (χ2n) is 4.08. The number of likely N-dealkylation sites (N-methyl/N-ethyl adjacent to an activating group) is 1. The first-order valence-electron chi connectivity index (χ1n) is 5.07. The summed E-state index contributed by atoms with van der Waals surface area (Å²) in [7, 11) is -3.29. The van der Waals surface area contributed by atoms with Gasteiger partial charge in [0.15, 0.2) is 5.78 Å². The van der Waals surface area contributed by atoms with Crippen LogP contribution in [0.3, 0.4) is 0 Å². The Kier molecular flexibility index (Phi) is 2.19. The molecule has 0 unspecified atom stereocenters. The first-order chi connectivity index (χ1) is 6.53. The van der Waals surface area contributed by atoms with Crippen LogP contribution in [0.25, 0.3) is 0 Å². The van der Waals surface area contributed by atoms with E-state index in [-0.39, 0.29) is 11.5 Å². The fourth-order valence-corrected chi connectivity index (χ4v) is 4.74. The van der Waals surface area contributed by atoms with Gasteiger partial charge in [0.1, 0.15) is 5.75 Å². The Morgan fingerprint density at radius 1 is 1.36 bits per heavy atom. The third-order valence-corrected chi connectivity index (χ3v) is 5.27. The highest BCUT2D eigenvalue weighted by molar-refractivity contribution is 7.90. The molecule has 0 aromatic carbocycles. The molecule has 0 aromatic heterocycles. The fraction of sp³-hybridized carbons (Fsp3) is 0.889. The summed E-state index contributed by atoms with van der Waals surface area (Å²) in [4.78, 5) is 11.8. The average molecular weight is 217 g/mol. The standard InChI is InChI=1S/C9H15NO3S/c1-2-10-9(5-3-4-6-9)8(11)7-14(10,12)13/h2-7H2,1H3. The van der Waals surface area contributed by atoms with Gasteiger partial charge in [-0.1, -0.05) is 19.8 Å². The van der Waals surface area contributed by atoms with Gasteiger partial charge in [-0.05, 0) is 12.8 Å². The Bertz CT molecular complexity index is 354. The quantitative estimate of drug-likeness (QED) is 0.644. The molecule has 1 spiro atoms. The van der Waals surface area contributed by atoms with Crippen molar-refractivity contribution < 1.29 is 13.2 Å². The lowest BCUT2D eigenvalue weighted by molar-refractivity contribution is -0.123. The molecule has 0 atom stereocenters. The molecule has 0 aromatic rings. The van der Waals surface area contributed by atoms with Gasteiger partial charge >= 0.3 is 0 Å². The first kappa shape index (κ1) is 10.1. The maximum absolute atomic E-state index is 11.8. The van der Waals surface area contributed by atoms with Crippen molar-refractivity contribution in [2.24, 2.45) is 0 Å². The number of ketones is 1. The summed E-state index contributed by atoms with van der Waals surface area (Å²) in [5.41, 5.74) is -0.645. The van der Waals surface area contributed by atoms with Crippen molar-refractivity contribution in [2.75, 3.05) is 12.3 Å². The number of hydrogen-bond acceptors (Lipinski definition) is 3. The monoisotopic (exact) mass is 217 g/mol. The van der Waals surface area contributed by atoms with Gasteiger partial charge in [0.25, 0.3) is 0 Å². The molecule has 0 amide bonds. The largest absolute Gasteiger partial charge is 0.296 e. The van der Waals surface area contributed by atoms with Gasteiger partial charge in [-0.3, -0.25) is 4.79 Å². The summed E-state index contributed by atoms with van der Waals surface area (Å²) in [6.07, 6.45) is 3.38. The Labute approximate surface area is 84.3 Å². The molecule has 1 aliphatic carbocycles. The minimum atomic E-state index is -3.29. The Morgan fingerprint density at radius 2 is 1.93 bits per heavy atom. The van der Waals surface area contributed by atoms with E-state index in [1.54, 1.807) is 6.92 Å². The summed E-state index contributed by atoms with van der Waals surface area (Å²) in [6.45, 7) is 2.23. The molecule has 1 heterocycles. The van der Waals surface area contributed by atoms with Crippen molar-refractivity contribution in [3.05, 3.63) is 0 Å². The first-order valence-corrected chi connectivity index (χ1v) is 6.68. The van der Waals surface area contributed by atoms with E-state index in [2.05, 4.69) is 0 Å². The lowest BCUT2D eigenvalue weighted by Crippen LogP contribution is -2.47. The zero-order chi connectivity index (χ0) is 10.4. The van der Waals surface area contributed by atoms with Crippen LogP contribution < -0.4 is 0 Å². The van der Waals surface area contributed by atoms with Crippen molar-refractivity contribution in [3.8, 4) is 0 Å². The van der Waals surface area contributed by atoms with Gasteiger partial charge in [-0.2, -0.15) is 4.31 Å². The van der Waals surface area contributed by atoms with E-state index < -0.39 is 15.6 Å². The van der Waals surface area contributed by atoms with Crippen molar-refractivity contribution in [1.82, 2.24) is 4.31 Å². The van der Waals surface area contributed by atoms with Crippen molar-refractivity contribution in [3.63, 3.8) is 0 Å². The van der Waals surface area contributed by atoms with E-state index in [4.69, 9.17) is 0 Å². The topological polar surface area (TPSA) is 54.5 Å². The highest BCUT2D eigenvalue weighted by Gasteiger charge is 2.56. The fourth-order valence-electron chi connectivity index (χ4n) is 2.77. The van der Waals surface area contributed by atoms with Gasteiger partial charge in [0.2, 0.25) is 10.0 Å². The Morgan fingerprint density at radius 3 is 2.43 bits per heavy atom. The normalized spacial score (nSPS) is 30.2. The molecule has 0 N–H and O–H groups in total. The molecule has 0 bridgehead atoms. The number of Topliss-reactive ketones (excluding diaryl/α,β-unsaturated/α-hetero) is 1. The average Bonchev–Trinajstić information content (AvgIpc) is 2.59. The van der Waals surface area contributed by atoms with Crippen molar-refractivity contribution in [2.45, 2.75) is 38.1 Å². The highest BCUT2D eigenvalue weighted by atomic mass is 32.2. The summed E-state index contributed by atoms with van der Waals surface area (Å²) < 4.78 is 24.8. The molecule has 1 saturated heterocycles. The van der Waals surface area contributed by atoms with E-state index in [0.717, 1.165) is 25.7 Å². The summed E-state index contributed by atoms with van der Waals surface area (Å²) >= 11 is 0. The van der Waals surface area contributed by atoms with E-state index in [0.29, 0.717) is 6.54 Å². The van der Waals surface area contributed by atoms with Gasteiger partial charge < -0.3 is 0 Å². The summed E-state index contributed by atoms with van der Waals surface area (Å²) in [5, 5.41) is 0. The van der Waals surface area contributed by atoms with Gasteiger partial charge in [-0.15, -0.1) is 0 Å². The molecule has 2 aliphatic rings. The van der Waals surface area contributed by atoms with Crippen LogP contribution in [0.2, 0.25) is 0 Å². The van der Waals surface area contributed by atoms with Crippen LogP contribution >= 0.6 is 0 Å². The van der Waals surface area contributed by atoms with E-state index in [9.17, 15) is 13.2 Å². The predicted molar refractivity (Wildman–Crippen MR) is 52.4 cm³/mol. The van der Waals surface area contributed by atoms with Crippen LogP contribution in [0, 0.1) is 0 Å². The molecule has 4 nitrogen and oxygen atoms in total. The van der Waals surface area contributed by atoms with Gasteiger partial charge in [-0.25, -0.2) is 8.42 Å². The van der Waals surface area contributed by atoms with Crippen LogP contribution in [-0.2, 0) is 14.8 Å². The SMILES string of the molecule is CCN1C2(CCCC2)C(=O)CS1(=O)=O. The van der Waals surface area contributed by atoms with E-state index in [1.807, 2.05) is 0 Å². The number of rotatable bonds is 1. The van der Waals surface area contributed by atoms with Crippen LogP contribution in [0.4, 0.5) is 0 Å². The zero-order valence-corrected chi connectivity index (χ0v) is 9.14. The van der Waals surface area contributed by atoms with Gasteiger partial charge in [0.05, 0.1) is 5.54 Å². The third kappa shape index (κ3) is 1.15. The molecular weight excluding hydrogens is 202 g/mol. The highest BCUT2D eigenvalue weighted by Crippen LogP contribution is 2.41. The van der Waals surface area contributed by atoms with Crippen LogP contribution in [0.1, 0.15) is 32.6 Å². The minimum absolute atomic E-state index is 0.0862. The number of sulfonamides is 1. The summed E-state index contributed by atoms with van der Waals surface area (Å²) in [6, 6.07) is 0. The van der Waals surface area contributed by atoms with E-state index >= 15 is 0 Å². The number of carbonyl (C=O) groups is 1. The van der Waals surface area contributed by atoms with Crippen LogP contribution in [0.15, 0.2) is 0 Å². The molecule has 1 saturated carbocycles. The molecule has 1 aliphatic heterocycles. The van der Waals surface area contributed by atoms with Crippen LogP contribution in [0.5, 0.6) is 0 Å². The van der Waals surface area contributed by atoms with E-state index in [1.165, 1.54) is 4.31 Å². The van der Waals surface area contributed by atoms with Crippen molar-refractivity contribution in [1.29, 1.82) is 0 Å². The lowest BCUT2D eigenvalue weighted by Gasteiger charge is -2.30. The Hall–Kier alpha value is -0.420. The smallest absolute Gasteiger partial charge is 0.222 e. The molecule has 2 fully saturated rings. The van der Waals surface area contributed by atoms with Crippen molar-refractivity contribution >= 4 is 15.8 Å². The molecular formula is C9H15NO3S. The molecule has 80 valence electrons. The predicted octanol–water partition coefficient (Wildman–Crippen LogP) is 0.534. The Balaban J connectivity index is 2.45. The minimum Gasteiger partial charge on any atom is -0.296 e. The number of carbonyl (C=O) groups excluding carboxylic acids is 1. The molecule has 2 rings (SSSR count). The zero-order valence-electron chi connectivity index (χ0n) is 8.32. The molecule has 14 heavy (non-hydrogen) atoms. The van der Waals surface area contributed by atoms with Gasteiger partial charge in [0, 0.05) is 6.54 Å².